The number of nitrogens with two attached hydrogens (primary N) is 1. The molecule has 2 atom stereocenters. The molecule has 0 aromatic rings. The van der Waals surface area contributed by atoms with E-state index < -0.39 is 6.17 Å². The summed E-state index contributed by atoms with van der Waals surface area (Å²) in [5.41, 5.74) is 5.32. The fourth-order valence-corrected chi connectivity index (χ4v) is 1.91. The van der Waals surface area contributed by atoms with Crippen LogP contribution < -0.4 is 5.73 Å². The summed E-state index contributed by atoms with van der Waals surface area (Å²) in [6.07, 6.45) is 3.16. The second-order valence-electron chi connectivity index (χ2n) is 3.64. The molecule has 0 bridgehead atoms. The van der Waals surface area contributed by atoms with Crippen LogP contribution >= 0.6 is 0 Å². The Morgan fingerprint density at radius 2 is 2.33 bits per heavy atom. The first-order valence-electron chi connectivity index (χ1n) is 4.80. The Balaban J connectivity index is 2.36. The second kappa shape index (κ2) is 4.77. The fourth-order valence-electron chi connectivity index (χ4n) is 1.91. The van der Waals surface area contributed by atoms with Gasteiger partial charge in [-0.05, 0) is 39.4 Å². The molecule has 3 heteroatoms. The third-order valence-electron chi connectivity index (χ3n) is 2.69. The maximum absolute atomic E-state index is 13.4. The normalized spacial score (nSPS) is 28.8. The van der Waals surface area contributed by atoms with Crippen molar-refractivity contribution in [2.75, 3.05) is 20.1 Å². The number of piperidine rings is 1. The molecule has 1 aliphatic rings. The molecule has 1 aliphatic heterocycles. The SMILES string of the molecule is CN1CCCCC1C(F)CCN. The zero-order chi connectivity index (χ0) is 8.97. The van der Waals surface area contributed by atoms with Crippen molar-refractivity contribution < 1.29 is 4.39 Å². The highest BCUT2D eigenvalue weighted by Gasteiger charge is 2.26. The van der Waals surface area contributed by atoms with Crippen molar-refractivity contribution in [2.24, 2.45) is 5.73 Å². The van der Waals surface area contributed by atoms with Crippen molar-refractivity contribution in [3.05, 3.63) is 0 Å². The molecule has 1 rings (SSSR count). The molecule has 12 heavy (non-hydrogen) atoms. The van der Waals surface area contributed by atoms with Gasteiger partial charge in [-0.2, -0.15) is 0 Å². The maximum Gasteiger partial charge on any atom is 0.117 e. The van der Waals surface area contributed by atoms with Gasteiger partial charge < -0.3 is 10.6 Å². The zero-order valence-corrected chi connectivity index (χ0v) is 7.80. The number of nitrogens with zero attached hydrogens (tertiary/aromatic N) is 1. The van der Waals surface area contributed by atoms with Crippen LogP contribution in [0, 0.1) is 0 Å². The lowest BCUT2D eigenvalue weighted by molar-refractivity contribution is 0.0956. The van der Waals surface area contributed by atoms with Gasteiger partial charge in [0.1, 0.15) is 6.17 Å². The number of likely N-dealkylation sites (tertiary alicyclic amines) is 1. The molecule has 0 aromatic heterocycles. The molecule has 0 spiro atoms. The van der Waals surface area contributed by atoms with E-state index in [0.29, 0.717) is 13.0 Å². The summed E-state index contributed by atoms with van der Waals surface area (Å²) in [5.74, 6) is 0. The standard InChI is InChI=1S/C9H19FN2/c1-12-7-3-2-4-9(12)8(10)5-6-11/h8-9H,2-7,11H2,1H3. The quantitative estimate of drug-likeness (QED) is 0.695. The third kappa shape index (κ3) is 2.42. The molecule has 1 heterocycles. The van der Waals surface area contributed by atoms with Gasteiger partial charge in [0.25, 0.3) is 0 Å². The van der Waals surface area contributed by atoms with Gasteiger partial charge in [0, 0.05) is 6.04 Å². The molecule has 0 aliphatic carbocycles. The minimum absolute atomic E-state index is 0.127. The Bertz CT molecular complexity index is 130. The number of rotatable bonds is 3. The third-order valence-corrected chi connectivity index (χ3v) is 2.69. The summed E-state index contributed by atoms with van der Waals surface area (Å²) in [5, 5.41) is 0. The van der Waals surface area contributed by atoms with Crippen molar-refractivity contribution in [2.45, 2.75) is 37.9 Å². The zero-order valence-electron chi connectivity index (χ0n) is 7.80. The predicted molar refractivity (Wildman–Crippen MR) is 48.8 cm³/mol. The Kier molecular flexibility index (Phi) is 3.95. The monoisotopic (exact) mass is 174 g/mol. The molecule has 1 fully saturated rings. The van der Waals surface area contributed by atoms with E-state index in [1.165, 1.54) is 12.8 Å². The van der Waals surface area contributed by atoms with Gasteiger partial charge in [-0.3, -0.25) is 0 Å². The first kappa shape index (κ1) is 9.93. The Labute approximate surface area is 73.9 Å². The number of hydrogen-bond donors (Lipinski definition) is 1. The number of alkyl halides is 1. The lowest BCUT2D eigenvalue weighted by Crippen LogP contribution is -2.43. The predicted octanol–water partition coefficient (Wildman–Crippen LogP) is 1.16. The smallest absolute Gasteiger partial charge is 0.117 e. The summed E-state index contributed by atoms with van der Waals surface area (Å²) in [6, 6.07) is 0.127. The summed E-state index contributed by atoms with van der Waals surface area (Å²) in [4.78, 5) is 2.13. The lowest BCUT2D eigenvalue weighted by atomic mass is 9.97. The topological polar surface area (TPSA) is 29.3 Å². The average molecular weight is 174 g/mol. The van der Waals surface area contributed by atoms with Crippen LogP contribution in [0.25, 0.3) is 0 Å². The van der Waals surface area contributed by atoms with Crippen LogP contribution in [0.2, 0.25) is 0 Å². The van der Waals surface area contributed by atoms with Gasteiger partial charge in [0.15, 0.2) is 0 Å². The highest BCUT2D eigenvalue weighted by atomic mass is 19.1. The molecule has 0 radical (unpaired) electrons. The molecule has 0 saturated carbocycles. The van der Waals surface area contributed by atoms with E-state index in [9.17, 15) is 4.39 Å². The van der Waals surface area contributed by atoms with E-state index in [2.05, 4.69) is 4.90 Å². The van der Waals surface area contributed by atoms with Crippen molar-refractivity contribution in [1.29, 1.82) is 0 Å². The van der Waals surface area contributed by atoms with Crippen LogP contribution in [0.1, 0.15) is 25.7 Å². The van der Waals surface area contributed by atoms with Crippen molar-refractivity contribution in [3.63, 3.8) is 0 Å². The van der Waals surface area contributed by atoms with Crippen LogP contribution in [0.5, 0.6) is 0 Å². The number of hydrogen-bond acceptors (Lipinski definition) is 2. The summed E-state index contributed by atoms with van der Waals surface area (Å²) >= 11 is 0. The van der Waals surface area contributed by atoms with Crippen LogP contribution in [0.4, 0.5) is 4.39 Å². The van der Waals surface area contributed by atoms with E-state index >= 15 is 0 Å². The van der Waals surface area contributed by atoms with E-state index in [1.54, 1.807) is 0 Å². The second-order valence-corrected chi connectivity index (χ2v) is 3.64. The number of halogens is 1. The van der Waals surface area contributed by atoms with Crippen LogP contribution in [0.3, 0.4) is 0 Å². The highest BCUT2D eigenvalue weighted by Crippen LogP contribution is 2.21. The van der Waals surface area contributed by atoms with E-state index in [4.69, 9.17) is 5.73 Å². The van der Waals surface area contributed by atoms with Gasteiger partial charge in [-0.15, -0.1) is 0 Å². The van der Waals surface area contributed by atoms with Crippen LogP contribution in [0.15, 0.2) is 0 Å². The fraction of sp³-hybridized carbons (Fsp3) is 1.00. The minimum atomic E-state index is -0.722. The Morgan fingerprint density at radius 3 is 2.92 bits per heavy atom. The molecule has 72 valence electrons. The Morgan fingerprint density at radius 1 is 1.58 bits per heavy atom. The van der Waals surface area contributed by atoms with Gasteiger partial charge in [-0.25, -0.2) is 4.39 Å². The first-order chi connectivity index (χ1) is 5.75. The highest BCUT2D eigenvalue weighted by molar-refractivity contribution is 4.81. The van der Waals surface area contributed by atoms with Crippen molar-refractivity contribution in [3.8, 4) is 0 Å². The molecular formula is C9H19FN2. The summed E-state index contributed by atoms with van der Waals surface area (Å²) in [7, 11) is 2.01. The largest absolute Gasteiger partial charge is 0.330 e. The Hall–Kier alpha value is -0.150. The van der Waals surface area contributed by atoms with E-state index in [0.717, 1.165) is 13.0 Å². The van der Waals surface area contributed by atoms with Crippen molar-refractivity contribution in [1.82, 2.24) is 4.90 Å². The molecule has 2 nitrogen and oxygen atoms in total. The summed E-state index contributed by atoms with van der Waals surface area (Å²) in [6.45, 7) is 1.50. The maximum atomic E-state index is 13.4. The van der Waals surface area contributed by atoms with Gasteiger partial charge >= 0.3 is 0 Å². The first-order valence-corrected chi connectivity index (χ1v) is 4.80. The molecule has 1 saturated heterocycles. The minimum Gasteiger partial charge on any atom is -0.330 e. The molecule has 0 amide bonds. The van der Waals surface area contributed by atoms with Gasteiger partial charge in [-0.1, -0.05) is 6.42 Å². The molecule has 2 unspecified atom stereocenters. The van der Waals surface area contributed by atoms with E-state index in [1.807, 2.05) is 7.05 Å². The van der Waals surface area contributed by atoms with Crippen LogP contribution in [-0.4, -0.2) is 37.3 Å². The molecule has 0 aromatic carbocycles. The summed E-state index contributed by atoms with van der Waals surface area (Å²) < 4.78 is 13.4. The lowest BCUT2D eigenvalue weighted by Gasteiger charge is -2.34. The van der Waals surface area contributed by atoms with Gasteiger partial charge in [0.05, 0.1) is 0 Å². The van der Waals surface area contributed by atoms with Crippen molar-refractivity contribution >= 4 is 0 Å². The molecular weight excluding hydrogens is 155 g/mol. The van der Waals surface area contributed by atoms with Crippen LogP contribution in [-0.2, 0) is 0 Å². The average Bonchev–Trinajstić information content (AvgIpc) is 2.05. The van der Waals surface area contributed by atoms with Gasteiger partial charge in [0.2, 0.25) is 0 Å². The van der Waals surface area contributed by atoms with E-state index in [-0.39, 0.29) is 6.04 Å². The molecule has 2 N–H and O–H groups in total.